The maximum atomic E-state index is 6.06. The number of H-pyrrole nitrogens is 1. The first-order chi connectivity index (χ1) is 10.3. The van der Waals surface area contributed by atoms with Gasteiger partial charge in [0.05, 0.1) is 12.7 Å². The van der Waals surface area contributed by atoms with Crippen LogP contribution >= 0.6 is 11.6 Å². The SMILES string of the molecule is COc1ccc(Cl)cc1-c1nc(N2CCCNCC2)n[nH]1. The molecule has 0 saturated carbocycles. The highest BCUT2D eigenvalue weighted by atomic mass is 35.5. The molecule has 0 atom stereocenters. The summed E-state index contributed by atoms with van der Waals surface area (Å²) in [6, 6.07) is 5.45. The maximum absolute atomic E-state index is 6.06. The molecule has 0 radical (unpaired) electrons. The monoisotopic (exact) mass is 307 g/mol. The predicted molar refractivity (Wildman–Crippen MR) is 83.1 cm³/mol. The van der Waals surface area contributed by atoms with Crippen molar-refractivity contribution < 1.29 is 4.74 Å². The number of anilines is 1. The first kappa shape index (κ1) is 14.2. The van der Waals surface area contributed by atoms with E-state index in [1.165, 1.54) is 0 Å². The summed E-state index contributed by atoms with van der Waals surface area (Å²) in [5.41, 5.74) is 0.816. The average Bonchev–Trinajstić information content (AvgIpc) is 2.83. The Hall–Kier alpha value is -1.79. The molecule has 1 aromatic carbocycles. The molecule has 1 aliphatic heterocycles. The van der Waals surface area contributed by atoms with E-state index < -0.39 is 0 Å². The topological polar surface area (TPSA) is 66.1 Å². The van der Waals surface area contributed by atoms with Crippen molar-refractivity contribution in [1.82, 2.24) is 20.5 Å². The third-order valence-electron chi connectivity index (χ3n) is 3.51. The van der Waals surface area contributed by atoms with Crippen molar-refractivity contribution in [1.29, 1.82) is 0 Å². The Morgan fingerprint density at radius 3 is 3.05 bits per heavy atom. The van der Waals surface area contributed by atoms with Gasteiger partial charge in [0.1, 0.15) is 5.75 Å². The van der Waals surface area contributed by atoms with Crippen LogP contribution in [0.4, 0.5) is 5.95 Å². The van der Waals surface area contributed by atoms with Crippen LogP contribution in [0.25, 0.3) is 11.4 Å². The lowest BCUT2D eigenvalue weighted by atomic mass is 10.2. The number of methoxy groups -OCH3 is 1. The lowest BCUT2D eigenvalue weighted by Gasteiger charge is -2.16. The normalized spacial score (nSPS) is 15.8. The molecular formula is C14H18ClN5O. The van der Waals surface area contributed by atoms with E-state index in [0.717, 1.165) is 49.9 Å². The first-order valence-corrected chi connectivity index (χ1v) is 7.37. The van der Waals surface area contributed by atoms with Crippen molar-refractivity contribution in [3.63, 3.8) is 0 Å². The van der Waals surface area contributed by atoms with E-state index >= 15 is 0 Å². The second-order valence-electron chi connectivity index (χ2n) is 4.92. The average molecular weight is 308 g/mol. The highest BCUT2D eigenvalue weighted by molar-refractivity contribution is 6.30. The molecule has 112 valence electrons. The molecule has 2 N–H and O–H groups in total. The summed E-state index contributed by atoms with van der Waals surface area (Å²) >= 11 is 6.06. The number of benzene rings is 1. The first-order valence-electron chi connectivity index (χ1n) is 7.00. The zero-order chi connectivity index (χ0) is 14.7. The van der Waals surface area contributed by atoms with Gasteiger partial charge in [0, 0.05) is 24.7 Å². The minimum Gasteiger partial charge on any atom is -0.496 e. The van der Waals surface area contributed by atoms with Gasteiger partial charge in [-0.15, -0.1) is 5.10 Å². The van der Waals surface area contributed by atoms with Gasteiger partial charge in [-0.2, -0.15) is 4.98 Å². The summed E-state index contributed by atoms with van der Waals surface area (Å²) in [7, 11) is 1.63. The fraction of sp³-hybridized carbons (Fsp3) is 0.429. The number of rotatable bonds is 3. The number of aromatic nitrogens is 3. The molecule has 7 heteroatoms. The van der Waals surface area contributed by atoms with Gasteiger partial charge >= 0.3 is 0 Å². The summed E-state index contributed by atoms with van der Waals surface area (Å²) < 4.78 is 5.36. The van der Waals surface area contributed by atoms with E-state index in [1.807, 2.05) is 12.1 Å². The quantitative estimate of drug-likeness (QED) is 0.907. The van der Waals surface area contributed by atoms with Crippen molar-refractivity contribution in [2.45, 2.75) is 6.42 Å². The number of nitrogens with one attached hydrogen (secondary N) is 2. The molecule has 1 aliphatic rings. The number of hydrogen-bond acceptors (Lipinski definition) is 5. The molecule has 2 heterocycles. The highest BCUT2D eigenvalue weighted by Crippen LogP contribution is 2.30. The van der Waals surface area contributed by atoms with Crippen molar-refractivity contribution in [3.8, 4) is 17.1 Å². The van der Waals surface area contributed by atoms with Crippen molar-refractivity contribution in [2.75, 3.05) is 38.2 Å². The smallest absolute Gasteiger partial charge is 0.245 e. The Morgan fingerprint density at radius 2 is 2.19 bits per heavy atom. The second kappa shape index (κ2) is 6.32. The summed E-state index contributed by atoms with van der Waals surface area (Å²) in [5.74, 6) is 2.11. The number of ether oxygens (including phenoxy) is 1. The lowest BCUT2D eigenvalue weighted by molar-refractivity contribution is 0.416. The number of nitrogens with zero attached hydrogens (tertiary/aromatic N) is 3. The van der Waals surface area contributed by atoms with E-state index in [-0.39, 0.29) is 0 Å². The zero-order valence-electron chi connectivity index (χ0n) is 11.9. The standard InChI is InChI=1S/C14H18ClN5O/c1-21-12-4-3-10(15)9-11(12)13-17-14(19-18-13)20-7-2-5-16-6-8-20/h3-4,9,16H,2,5-8H2,1H3,(H,17,18,19). The van der Waals surface area contributed by atoms with Crippen LogP contribution in [-0.2, 0) is 0 Å². The van der Waals surface area contributed by atoms with Crippen LogP contribution in [0.1, 0.15) is 6.42 Å². The Bertz CT molecular complexity index is 607. The number of halogens is 1. The van der Waals surface area contributed by atoms with Gasteiger partial charge in [-0.1, -0.05) is 11.6 Å². The van der Waals surface area contributed by atoms with Gasteiger partial charge in [-0.3, -0.25) is 5.10 Å². The van der Waals surface area contributed by atoms with Crippen LogP contribution in [0.5, 0.6) is 5.75 Å². The predicted octanol–water partition coefficient (Wildman–Crippen LogP) is 1.93. The fourth-order valence-electron chi connectivity index (χ4n) is 2.43. The van der Waals surface area contributed by atoms with Gasteiger partial charge in [0.2, 0.25) is 5.95 Å². The molecule has 0 bridgehead atoms. The van der Waals surface area contributed by atoms with Crippen molar-refractivity contribution in [2.24, 2.45) is 0 Å². The van der Waals surface area contributed by atoms with Gasteiger partial charge in [0.15, 0.2) is 5.82 Å². The molecule has 1 fully saturated rings. The van der Waals surface area contributed by atoms with E-state index in [0.29, 0.717) is 10.8 Å². The van der Waals surface area contributed by atoms with Crippen LogP contribution in [0.2, 0.25) is 5.02 Å². The Balaban J connectivity index is 1.89. The second-order valence-corrected chi connectivity index (χ2v) is 5.36. The largest absolute Gasteiger partial charge is 0.496 e. The lowest BCUT2D eigenvalue weighted by Crippen LogP contribution is -2.28. The molecule has 0 aliphatic carbocycles. The van der Waals surface area contributed by atoms with Crippen molar-refractivity contribution in [3.05, 3.63) is 23.2 Å². The minimum atomic E-state index is 0.641. The molecule has 6 nitrogen and oxygen atoms in total. The summed E-state index contributed by atoms with van der Waals surface area (Å²) in [5, 5.41) is 11.3. The summed E-state index contributed by atoms with van der Waals surface area (Å²) in [6.07, 6.45) is 1.09. The molecule has 0 spiro atoms. The molecule has 2 aromatic rings. The van der Waals surface area contributed by atoms with Crippen molar-refractivity contribution >= 4 is 17.5 Å². The third kappa shape index (κ3) is 3.11. The van der Waals surface area contributed by atoms with Crippen LogP contribution in [0.3, 0.4) is 0 Å². The molecule has 0 amide bonds. The Morgan fingerprint density at radius 1 is 1.29 bits per heavy atom. The fourth-order valence-corrected chi connectivity index (χ4v) is 2.60. The molecule has 21 heavy (non-hydrogen) atoms. The molecular weight excluding hydrogens is 290 g/mol. The van der Waals surface area contributed by atoms with Crippen LogP contribution in [0, 0.1) is 0 Å². The van der Waals surface area contributed by atoms with Gasteiger partial charge in [0.25, 0.3) is 0 Å². The maximum Gasteiger partial charge on any atom is 0.245 e. The highest BCUT2D eigenvalue weighted by Gasteiger charge is 2.16. The van der Waals surface area contributed by atoms with E-state index in [9.17, 15) is 0 Å². The van der Waals surface area contributed by atoms with Crippen LogP contribution in [-0.4, -0.2) is 48.5 Å². The third-order valence-corrected chi connectivity index (χ3v) is 3.75. The van der Waals surface area contributed by atoms with Gasteiger partial charge < -0.3 is 15.0 Å². The van der Waals surface area contributed by atoms with Gasteiger partial charge in [-0.25, -0.2) is 0 Å². The van der Waals surface area contributed by atoms with E-state index in [4.69, 9.17) is 16.3 Å². The molecule has 1 saturated heterocycles. The Labute approximate surface area is 128 Å². The minimum absolute atomic E-state index is 0.641. The molecule has 1 aromatic heterocycles. The van der Waals surface area contributed by atoms with Crippen LogP contribution < -0.4 is 15.0 Å². The van der Waals surface area contributed by atoms with Gasteiger partial charge in [-0.05, 0) is 31.2 Å². The zero-order valence-corrected chi connectivity index (χ0v) is 12.7. The molecule has 0 unspecified atom stereocenters. The van der Waals surface area contributed by atoms with Crippen LogP contribution in [0.15, 0.2) is 18.2 Å². The number of hydrogen-bond donors (Lipinski definition) is 2. The van der Waals surface area contributed by atoms with E-state index in [1.54, 1.807) is 13.2 Å². The molecule has 3 rings (SSSR count). The number of aromatic amines is 1. The summed E-state index contributed by atoms with van der Waals surface area (Å²) in [6.45, 7) is 3.85. The van der Waals surface area contributed by atoms with E-state index in [2.05, 4.69) is 25.4 Å². The Kier molecular flexibility index (Phi) is 4.26. The summed E-state index contributed by atoms with van der Waals surface area (Å²) in [4.78, 5) is 6.77.